The van der Waals surface area contributed by atoms with E-state index in [-0.39, 0.29) is 18.2 Å². The summed E-state index contributed by atoms with van der Waals surface area (Å²) in [5, 5.41) is 13.2. The van der Waals surface area contributed by atoms with Gasteiger partial charge in [0.2, 0.25) is 0 Å². The number of nitrogens with one attached hydrogen (secondary N) is 1. The number of fused-ring (bicyclic) bond motifs is 1. The van der Waals surface area contributed by atoms with Crippen LogP contribution >= 0.6 is 0 Å². The fraction of sp³-hybridized carbons (Fsp3) is 0.571. The summed E-state index contributed by atoms with van der Waals surface area (Å²) < 4.78 is 5.86. The van der Waals surface area contributed by atoms with Crippen molar-refractivity contribution in [3.63, 3.8) is 0 Å². The Morgan fingerprint density at radius 2 is 2.18 bits per heavy atom. The molecule has 1 aromatic rings. The van der Waals surface area contributed by atoms with E-state index < -0.39 is 0 Å². The Bertz CT molecular complexity index is 369. The first kappa shape index (κ1) is 11.1. The van der Waals surface area contributed by atoms with E-state index in [1.165, 1.54) is 5.56 Å². The van der Waals surface area contributed by atoms with E-state index in [9.17, 15) is 5.11 Å². The summed E-state index contributed by atoms with van der Waals surface area (Å²) in [6.45, 7) is 0.830. The summed E-state index contributed by atoms with van der Waals surface area (Å²) in [6, 6.07) is 8.48. The number of rotatable bonds is 3. The van der Waals surface area contributed by atoms with Crippen molar-refractivity contribution < 1.29 is 9.84 Å². The van der Waals surface area contributed by atoms with Gasteiger partial charge < -0.3 is 15.2 Å². The highest BCUT2D eigenvalue weighted by Crippen LogP contribution is 2.28. The molecule has 1 aliphatic heterocycles. The zero-order chi connectivity index (χ0) is 11.7. The third-order valence-corrected chi connectivity index (χ3v) is 3.80. The van der Waals surface area contributed by atoms with E-state index in [0.717, 1.165) is 38.0 Å². The number of hydrogen-bond acceptors (Lipinski definition) is 3. The lowest BCUT2D eigenvalue weighted by atomic mass is 10.1. The molecule has 3 rings (SSSR count). The molecule has 0 radical (unpaired) electrons. The Balaban J connectivity index is 1.52. The zero-order valence-electron chi connectivity index (χ0n) is 9.93. The van der Waals surface area contributed by atoms with E-state index in [1.807, 2.05) is 12.1 Å². The van der Waals surface area contributed by atoms with Crippen LogP contribution in [0.1, 0.15) is 24.8 Å². The second-order valence-corrected chi connectivity index (χ2v) is 5.06. The van der Waals surface area contributed by atoms with Crippen molar-refractivity contribution in [2.75, 3.05) is 6.54 Å². The molecule has 17 heavy (non-hydrogen) atoms. The fourth-order valence-electron chi connectivity index (χ4n) is 2.83. The molecular formula is C14H19NO2. The normalized spacial score (nSPS) is 31.2. The molecule has 1 fully saturated rings. The number of aliphatic hydroxyl groups excluding tert-OH is 1. The second-order valence-electron chi connectivity index (χ2n) is 5.06. The summed E-state index contributed by atoms with van der Waals surface area (Å²) >= 11 is 0. The highest BCUT2D eigenvalue weighted by Gasteiger charge is 2.27. The standard InChI is InChI=1S/C14H19NO2/c16-13-6-3-5-12(13)15-9-11-8-10-4-1-2-7-14(10)17-11/h1-2,4,7,11-13,15-16H,3,5-6,8-9H2/t11?,12-,13-/m1/s1. The quantitative estimate of drug-likeness (QED) is 0.831. The van der Waals surface area contributed by atoms with E-state index >= 15 is 0 Å². The predicted molar refractivity (Wildman–Crippen MR) is 66.2 cm³/mol. The summed E-state index contributed by atoms with van der Waals surface area (Å²) in [7, 11) is 0. The molecule has 0 spiro atoms. The van der Waals surface area contributed by atoms with Gasteiger partial charge in [0.1, 0.15) is 11.9 Å². The molecule has 3 heteroatoms. The molecule has 1 unspecified atom stereocenters. The molecule has 0 bridgehead atoms. The van der Waals surface area contributed by atoms with Crippen LogP contribution in [0.3, 0.4) is 0 Å². The van der Waals surface area contributed by atoms with Crippen LogP contribution in [-0.4, -0.2) is 29.9 Å². The van der Waals surface area contributed by atoms with Gasteiger partial charge in [-0.2, -0.15) is 0 Å². The van der Waals surface area contributed by atoms with Crippen LogP contribution in [0.15, 0.2) is 24.3 Å². The zero-order valence-corrected chi connectivity index (χ0v) is 9.93. The molecule has 1 aliphatic carbocycles. The minimum Gasteiger partial charge on any atom is -0.488 e. The van der Waals surface area contributed by atoms with E-state index in [1.54, 1.807) is 0 Å². The van der Waals surface area contributed by atoms with Crippen LogP contribution < -0.4 is 10.1 Å². The Labute approximate surface area is 102 Å². The van der Waals surface area contributed by atoms with Gasteiger partial charge >= 0.3 is 0 Å². The molecule has 1 saturated carbocycles. The topological polar surface area (TPSA) is 41.5 Å². The van der Waals surface area contributed by atoms with Gasteiger partial charge in [0, 0.05) is 19.0 Å². The van der Waals surface area contributed by atoms with Crippen LogP contribution in [-0.2, 0) is 6.42 Å². The average molecular weight is 233 g/mol. The summed E-state index contributed by atoms with van der Waals surface area (Å²) in [5.41, 5.74) is 1.30. The molecule has 3 atom stereocenters. The van der Waals surface area contributed by atoms with Crippen LogP contribution in [0.5, 0.6) is 5.75 Å². The SMILES string of the molecule is O[C@@H]1CCC[C@H]1NCC1Cc2ccccc2O1. The smallest absolute Gasteiger partial charge is 0.123 e. The van der Waals surface area contributed by atoms with Gasteiger partial charge in [0.25, 0.3) is 0 Å². The third-order valence-electron chi connectivity index (χ3n) is 3.80. The Morgan fingerprint density at radius 3 is 2.94 bits per heavy atom. The van der Waals surface area contributed by atoms with Crippen molar-refractivity contribution in [2.45, 2.75) is 43.9 Å². The number of benzene rings is 1. The van der Waals surface area contributed by atoms with Gasteiger partial charge in [0.15, 0.2) is 0 Å². The van der Waals surface area contributed by atoms with Gasteiger partial charge in [-0.15, -0.1) is 0 Å². The maximum Gasteiger partial charge on any atom is 0.123 e. The van der Waals surface area contributed by atoms with Crippen LogP contribution in [0.25, 0.3) is 0 Å². The van der Waals surface area contributed by atoms with Crippen LogP contribution in [0.4, 0.5) is 0 Å². The summed E-state index contributed by atoms with van der Waals surface area (Å²) in [6.07, 6.45) is 4.18. The van der Waals surface area contributed by atoms with E-state index in [4.69, 9.17) is 4.74 Å². The van der Waals surface area contributed by atoms with E-state index in [0.29, 0.717) is 0 Å². The molecule has 92 valence electrons. The minimum absolute atomic E-state index is 0.168. The molecule has 0 saturated heterocycles. The highest BCUT2D eigenvalue weighted by molar-refractivity contribution is 5.37. The molecule has 3 nitrogen and oxygen atoms in total. The molecular weight excluding hydrogens is 214 g/mol. The van der Waals surface area contributed by atoms with Crippen LogP contribution in [0, 0.1) is 0 Å². The number of hydrogen-bond donors (Lipinski definition) is 2. The van der Waals surface area contributed by atoms with Crippen molar-refractivity contribution in [2.24, 2.45) is 0 Å². The van der Waals surface area contributed by atoms with Gasteiger partial charge in [-0.1, -0.05) is 18.2 Å². The summed E-state index contributed by atoms with van der Waals surface area (Å²) in [4.78, 5) is 0. The predicted octanol–water partition coefficient (Wildman–Crippen LogP) is 1.49. The van der Waals surface area contributed by atoms with Crippen molar-refractivity contribution >= 4 is 0 Å². The number of para-hydroxylation sites is 1. The molecule has 1 heterocycles. The molecule has 0 aromatic heterocycles. The first-order valence-electron chi connectivity index (χ1n) is 6.49. The van der Waals surface area contributed by atoms with Gasteiger partial charge in [0.05, 0.1) is 6.10 Å². The van der Waals surface area contributed by atoms with Gasteiger partial charge in [-0.05, 0) is 30.9 Å². The molecule has 0 amide bonds. The Hall–Kier alpha value is -1.06. The molecule has 1 aromatic carbocycles. The highest BCUT2D eigenvalue weighted by atomic mass is 16.5. The first-order valence-corrected chi connectivity index (χ1v) is 6.49. The van der Waals surface area contributed by atoms with Crippen molar-refractivity contribution in [1.29, 1.82) is 0 Å². The lowest BCUT2D eigenvalue weighted by molar-refractivity contribution is 0.138. The maximum atomic E-state index is 9.73. The first-order chi connectivity index (χ1) is 8.33. The van der Waals surface area contributed by atoms with Crippen molar-refractivity contribution in [1.82, 2.24) is 5.32 Å². The van der Waals surface area contributed by atoms with Crippen molar-refractivity contribution in [3.8, 4) is 5.75 Å². The summed E-state index contributed by atoms with van der Waals surface area (Å²) in [5.74, 6) is 1.02. The minimum atomic E-state index is -0.168. The average Bonchev–Trinajstić information content (AvgIpc) is 2.92. The maximum absolute atomic E-state index is 9.73. The largest absolute Gasteiger partial charge is 0.488 e. The number of ether oxygens (including phenoxy) is 1. The molecule has 2 N–H and O–H groups in total. The fourth-order valence-corrected chi connectivity index (χ4v) is 2.83. The Morgan fingerprint density at radius 1 is 1.29 bits per heavy atom. The molecule has 2 aliphatic rings. The van der Waals surface area contributed by atoms with Crippen LogP contribution in [0.2, 0.25) is 0 Å². The monoisotopic (exact) mass is 233 g/mol. The van der Waals surface area contributed by atoms with Gasteiger partial charge in [-0.3, -0.25) is 0 Å². The second kappa shape index (κ2) is 4.67. The Kier molecular flexibility index (Phi) is 3.04. The van der Waals surface area contributed by atoms with Gasteiger partial charge in [-0.25, -0.2) is 0 Å². The van der Waals surface area contributed by atoms with E-state index in [2.05, 4.69) is 17.4 Å². The number of aliphatic hydroxyl groups is 1. The lowest BCUT2D eigenvalue weighted by Crippen LogP contribution is -2.41. The lowest BCUT2D eigenvalue weighted by Gasteiger charge is -2.19. The van der Waals surface area contributed by atoms with Crippen molar-refractivity contribution in [3.05, 3.63) is 29.8 Å². The third kappa shape index (κ3) is 2.31.